The smallest absolute Gasteiger partial charge is 0.334 e. The van der Waals surface area contributed by atoms with Gasteiger partial charge in [-0.05, 0) is 58.7 Å². The van der Waals surface area contributed by atoms with Crippen molar-refractivity contribution < 1.29 is 66.0 Å². The van der Waals surface area contributed by atoms with Crippen LogP contribution in [0.25, 0.3) is 0 Å². The van der Waals surface area contributed by atoms with Gasteiger partial charge in [0.25, 0.3) is 0 Å². The van der Waals surface area contributed by atoms with E-state index in [9.17, 15) is 28.8 Å². The van der Waals surface area contributed by atoms with Gasteiger partial charge in [-0.1, -0.05) is 40.2 Å². The second-order valence-electron chi connectivity index (χ2n) is 13.0. The molecule has 0 atom stereocenters. The standard InChI is InChI=1S/C39H63NO14Si/c1-10-32(41)48-27-38(14-5,28-49-33(42)11-2)21-25-47-36(45)19-23-40(22-18-26-55(9,53-16-7)54-17-8)24-20-37(46)52-31-39(15-6,29-50-34(43)12-3)30-51-35(44)13-4/h10-13H,1-4,14-31H2,5-9H3. The number of hydrogen-bond donors (Lipinski definition) is 0. The molecule has 0 aliphatic carbocycles. The summed E-state index contributed by atoms with van der Waals surface area (Å²) in [5, 5.41) is 0. The van der Waals surface area contributed by atoms with Crippen LogP contribution in [0.2, 0.25) is 12.6 Å². The second kappa shape index (κ2) is 28.3. The van der Waals surface area contributed by atoms with Crippen LogP contribution < -0.4 is 0 Å². The molecule has 0 aromatic rings. The van der Waals surface area contributed by atoms with Crippen molar-refractivity contribution in [2.75, 3.05) is 72.5 Å². The second-order valence-corrected chi connectivity index (χ2v) is 16.4. The van der Waals surface area contributed by atoms with E-state index >= 15 is 0 Å². The molecule has 16 heteroatoms. The summed E-state index contributed by atoms with van der Waals surface area (Å²) >= 11 is 0. The van der Waals surface area contributed by atoms with Gasteiger partial charge in [0, 0.05) is 56.0 Å². The Hall–Kier alpha value is -4.12. The summed E-state index contributed by atoms with van der Waals surface area (Å²) in [4.78, 5) is 75.1. The highest BCUT2D eigenvalue weighted by Crippen LogP contribution is 2.29. The summed E-state index contributed by atoms with van der Waals surface area (Å²) in [6.07, 6.45) is 5.80. The molecule has 0 heterocycles. The molecule has 0 aromatic carbocycles. The van der Waals surface area contributed by atoms with Gasteiger partial charge in [0.1, 0.15) is 33.0 Å². The molecule has 0 unspecified atom stereocenters. The van der Waals surface area contributed by atoms with E-state index in [1.807, 2.05) is 32.2 Å². The lowest BCUT2D eigenvalue weighted by atomic mass is 9.83. The van der Waals surface area contributed by atoms with E-state index < -0.39 is 55.2 Å². The van der Waals surface area contributed by atoms with Gasteiger partial charge < -0.3 is 42.2 Å². The maximum atomic E-state index is 13.0. The van der Waals surface area contributed by atoms with Gasteiger partial charge in [0.05, 0.1) is 24.9 Å². The average Bonchev–Trinajstić information content (AvgIpc) is 3.18. The van der Waals surface area contributed by atoms with Crippen molar-refractivity contribution in [3.8, 4) is 0 Å². The minimum Gasteiger partial charge on any atom is -0.466 e. The van der Waals surface area contributed by atoms with Gasteiger partial charge in [-0.15, -0.1) is 0 Å². The Bertz CT molecular complexity index is 1210. The summed E-state index contributed by atoms with van der Waals surface area (Å²) in [5.41, 5.74) is -1.81. The highest BCUT2D eigenvalue weighted by atomic mass is 28.4. The minimum absolute atomic E-state index is 0.0129. The monoisotopic (exact) mass is 797 g/mol. The molecule has 0 aliphatic heterocycles. The summed E-state index contributed by atoms with van der Waals surface area (Å²) in [6, 6.07) is 0.692. The Labute approximate surface area is 327 Å². The van der Waals surface area contributed by atoms with Crippen LogP contribution in [0, 0.1) is 10.8 Å². The molecule has 0 radical (unpaired) electrons. The first-order chi connectivity index (χ1) is 26.1. The van der Waals surface area contributed by atoms with Crippen LogP contribution in [0.1, 0.15) is 66.2 Å². The van der Waals surface area contributed by atoms with E-state index in [1.54, 1.807) is 6.92 Å². The summed E-state index contributed by atoms with van der Waals surface area (Å²) in [5.74, 6) is -3.63. The highest BCUT2D eigenvalue weighted by Gasteiger charge is 2.35. The van der Waals surface area contributed by atoms with Gasteiger partial charge in [0.2, 0.25) is 0 Å². The molecular weight excluding hydrogens is 735 g/mol. The van der Waals surface area contributed by atoms with Gasteiger partial charge in [-0.25, -0.2) is 19.2 Å². The number of ether oxygens (including phenoxy) is 6. The lowest BCUT2D eigenvalue weighted by Gasteiger charge is -2.31. The molecule has 0 saturated heterocycles. The maximum absolute atomic E-state index is 13.0. The molecule has 0 amide bonds. The van der Waals surface area contributed by atoms with Crippen molar-refractivity contribution in [2.45, 2.75) is 78.8 Å². The van der Waals surface area contributed by atoms with Crippen molar-refractivity contribution in [3.63, 3.8) is 0 Å². The molecule has 15 nitrogen and oxygen atoms in total. The zero-order valence-corrected chi connectivity index (χ0v) is 34.5. The van der Waals surface area contributed by atoms with Crippen LogP contribution in [0.15, 0.2) is 50.6 Å². The Morgan fingerprint density at radius 1 is 0.564 bits per heavy atom. The minimum atomic E-state index is -2.42. The molecule has 0 N–H and O–H groups in total. The van der Waals surface area contributed by atoms with E-state index in [4.69, 9.17) is 37.3 Å². The van der Waals surface area contributed by atoms with Gasteiger partial charge in [0.15, 0.2) is 0 Å². The van der Waals surface area contributed by atoms with Gasteiger partial charge in [-0.3, -0.25) is 9.59 Å². The molecule has 0 fully saturated rings. The van der Waals surface area contributed by atoms with Crippen LogP contribution in [-0.4, -0.2) is 122 Å². The molecule has 0 aliphatic rings. The number of carbonyl (C=O) groups excluding carboxylic acids is 6. The van der Waals surface area contributed by atoms with Crippen LogP contribution in [0.3, 0.4) is 0 Å². The highest BCUT2D eigenvalue weighted by molar-refractivity contribution is 6.66. The normalized spacial score (nSPS) is 11.5. The van der Waals surface area contributed by atoms with Gasteiger partial charge >= 0.3 is 44.4 Å². The fourth-order valence-electron chi connectivity index (χ4n) is 5.14. The molecule has 312 valence electrons. The lowest BCUT2D eigenvalue weighted by molar-refractivity contribution is -0.159. The van der Waals surface area contributed by atoms with Crippen LogP contribution in [-0.2, 0) is 66.0 Å². The number of carbonyl (C=O) groups is 6. The number of nitrogens with zero attached hydrogens (tertiary/aromatic N) is 1. The molecule has 0 saturated carbocycles. The van der Waals surface area contributed by atoms with E-state index in [0.29, 0.717) is 45.1 Å². The zero-order chi connectivity index (χ0) is 41.8. The fraction of sp³-hybridized carbons (Fsp3) is 0.641. The SMILES string of the molecule is C=CC(=O)OCC(CC)(CCOC(=O)CCN(CCC[Si](C)(OCC)OCC)CCC(=O)OCC(CC)(COC(=O)C=C)COC(=O)C=C)COC(=O)C=C. The van der Waals surface area contributed by atoms with Crippen molar-refractivity contribution in [1.29, 1.82) is 0 Å². The Morgan fingerprint density at radius 3 is 1.33 bits per heavy atom. The fourth-order valence-corrected chi connectivity index (χ4v) is 7.54. The van der Waals surface area contributed by atoms with E-state index in [0.717, 1.165) is 24.3 Å². The topological polar surface area (TPSA) is 179 Å². The molecular formula is C39H63NO14Si. The first kappa shape index (κ1) is 50.9. The maximum Gasteiger partial charge on any atom is 0.334 e. The van der Waals surface area contributed by atoms with Crippen molar-refractivity contribution in [3.05, 3.63) is 50.6 Å². The third kappa shape index (κ3) is 22.1. The van der Waals surface area contributed by atoms with Crippen molar-refractivity contribution in [2.24, 2.45) is 10.8 Å². The average molecular weight is 798 g/mol. The first-order valence-corrected chi connectivity index (χ1v) is 21.1. The van der Waals surface area contributed by atoms with Crippen LogP contribution in [0.5, 0.6) is 0 Å². The third-order valence-corrected chi connectivity index (χ3v) is 12.0. The largest absolute Gasteiger partial charge is 0.466 e. The van der Waals surface area contributed by atoms with Crippen LogP contribution >= 0.6 is 0 Å². The van der Waals surface area contributed by atoms with Gasteiger partial charge in [-0.2, -0.15) is 0 Å². The molecule has 55 heavy (non-hydrogen) atoms. The third-order valence-electron chi connectivity index (χ3n) is 8.95. The van der Waals surface area contributed by atoms with E-state index in [2.05, 4.69) is 26.3 Å². The molecule has 0 spiro atoms. The molecule has 0 aromatic heterocycles. The lowest BCUT2D eigenvalue weighted by Crippen LogP contribution is -2.40. The Balaban J connectivity index is 5.67. The predicted octanol–water partition coefficient (Wildman–Crippen LogP) is 4.79. The first-order valence-electron chi connectivity index (χ1n) is 18.6. The predicted molar refractivity (Wildman–Crippen MR) is 207 cm³/mol. The summed E-state index contributed by atoms with van der Waals surface area (Å²) in [6.45, 7) is 24.4. The summed E-state index contributed by atoms with van der Waals surface area (Å²) < 4.78 is 44.1. The molecule has 0 rings (SSSR count). The molecule has 0 bridgehead atoms. The van der Waals surface area contributed by atoms with Crippen molar-refractivity contribution >= 4 is 44.4 Å². The summed E-state index contributed by atoms with van der Waals surface area (Å²) in [7, 11) is -2.42. The van der Waals surface area contributed by atoms with Crippen molar-refractivity contribution in [1.82, 2.24) is 4.90 Å². The van der Waals surface area contributed by atoms with E-state index in [-0.39, 0.29) is 72.0 Å². The zero-order valence-electron chi connectivity index (χ0n) is 33.5. The number of esters is 6. The quantitative estimate of drug-likeness (QED) is 0.0383. The number of hydrogen-bond acceptors (Lipinski definition) is 15. The number of rotatable bonds is 33. The van der Waals surface area contributed by atoms with Crippen LogP contribution in [0.4, 0.5) is 0 Å². The Morgan fingerprint density at radius 2 is 0.945 bits per heavy atom. The van der Waals surface area contributed by atoms with E-state index in [1.165, 1.54) is 0 Å². The Kier molecular flexibility index (Phi) is 26.2.